The van der Waals surface area contributed by atoms with Crippen LogP contribution in [0.1, 0.15) is 6.42 Å². The van der Waals surface area contributed by atoms with Crippen LogP contribution in [-0.4, -0.2) is 34.7 Å². The number of hydrogen-bond donors (Lipinski definition) is 3. The molecule has 86 valence electrons. The van der Waals surface area contributed by atoms with E-state index in [1.165, 1.54) is 0 Å². The maximum atomic E-state index is 11.7. The number of β-amino-alcohol motifs (C(OH)–C–C–N with tert-alkyl or cyclic N) is 1. The van der Waals surface area contributed by atoms with Gasteiger partial charge in [0.15, 0.2) is 0 Å². The van der Waals surface area contributed by atoms with Gasteiger partial charge in [-0.3, -0.25) is 4.79 Å². The third-order valence-corrected chi connectivity index (χ3v) is 2.83. The summed E-state index contributed by atoms with van der Waals surface area (Å²) in [6, 6.07) is 4.96. The summed E-state index contributed by atoms with van der Waals surface area (Å²) in [4.78, 5) is 15.8. The van der Waals surface area contributed by atoms with Crippen molar-refractivity contribution in [3.63, 3.8) is 0 Å². The Morgan fingerprint density at radius 3 is 3.06 bits per heavy atom. The molecule has 1 saturated heterocycles. The zero-order chi connectivity index (χ0) is 11.5. The lowest BCUT2D eigenvalue weighted by atomic mass is 10.2. The molecule has 2 atom stereocenters. The van der Waals surface area contributed by atoms with Crippen molar-refractivity contribution in [2.75, 3.05) is 11.9 Å². The fraction of sp³-hybridized carbons (Fsp3) is 0.400. The normalized spacial score (nSPS) is 24.4. The molecule has 0 spiro atoms. The first-order valence-electron chi connectivity index (χ1n) is 5.00. The molecule has 0 bridgehead atoms. The molecule has 2 heterocycles. The van der Waals surface area contributed by atoms with Crippen LogP contribution in [-0.2, 0) is 4.79 Å². The first-order valence-corrected chi connectivity index (χ1v) is 5.79. The number of nitrogens with one attached hydrogen (secondary N) is 2. The standard InChI is InChI=1S/C10H12BrN3O2/c11-8-2-1-3-9(13-8)14-10(16)7-4-6(15)5-12-7/h1-3,6-7,12,15H,4-5H2,(H,13,14,16)/t6-,7+/m1/s1. The van der Waals surface area contributed by atoms with Gasteiger partial charge >= 0.3 is 0 Å². The third kappa shape index (κ3) is 2.78. The van der Waals surface area contributed by atoms with E-state index in [1.807, 2.05) is 0 Å². The summed E-state index contributed by atoms with van der Waals surface area (Å²) in [5.74, 6) is 0.338. The second-order valence-electron chi connectivity index (χ2n) is 3.69. The Balaban J connectivity index is 1.97. The minimum Gasteiger partial charge on any atom is -0.392 e. The highest BCUT2D eigenvalue weighted by atomic mass is 79.9. The van der Waals surface area contributed by atoms with Gasteiger partial charge in [0.1, 0.15) is 10.4 Å². The van der Waals surface area contributed by atoms with Crippen molar-refractivity contribution >= 4 is 27.7 Å². The van der Waals surface area contributed by atoms with Crippen LogP contribution in [0.2, 0.25) is 0 Å². The van der Waals surface area contributed by atoms with Gasteiger partial charge in [-0.25, -0.2) is 4.98 Å². The van der Waals surface area contributed by atoms with Crippen LogP contribution in [0.15, 0.2) is 22.8 Å². The van der Waals surface area contributed by atoms with Crippen molar-refractivity contribution in [2.45, 2.75) is 18.6 Å². The quantitative estimate of drug-likeness (QED) is 0.692. The van der Waals surface area contributed by atoms with Crippen LogP contribution in [0.4, 0.5) is 5.82 Å². The lowest BCUT2D eigenvalue weighted by molar-refractivity contribution is -0.118. The molecule has 2 rings (SSSR count). The van der Waals surface area contributed by atoms with Crippen molar-refractivity contribution in [2.24, 2.45) is 0 Å². The highest BCUT2D eigenvalue weighted by Crippen LogP contribution is 2.12. The Morgan fingerprint density at radius 1 is 1.62 bits per heavy atom. The maximum absolute atomic E-state index is 11.7. The van der Waals surface area contributed by atoms with Crippen molar-refractivity contribution < 1.29 is 9.90 Å². The van der Waals surface area contributed by atoms with Crippen LogP contribution in [0.3, 0.4) is 0 Å². The Hall–Kier alpha value is -0.980. The molecule has 0 radical (unpaired) electrons. The van der Waals surface area contributed by atoms with E-state index in [-0.39, 0.29) is 11.9 Å². The molecule has 0 saturated carbocycles. The molecule has 0 aliphatic carbocycles. The Labute approximate surface area is 101 Å². The van der Waals surface area contributed by atoms with Gasteiger partial charge in [-0.15, -0.1) is 0 Å². The lowest BCUT2D eigenvalue weighted by Crippen LogP contribution is -2.35. The first-order chi connectivity index (χ1) is 7.65. The number of anilines is 1. The summed E-state index contributed by atoms with van der Waals surface area (Å²) in [5, 5.41) is 14.9. The largest absolute Gasteiger partial charge is 0.392 e. The van der Waals surface area contributed by atoms with Gasteiger partial charge in [0, 0.05) is 6.54 Å². The zero-order valence-electron chi connectivity index (χ0n) is 8.48. The molecule has 16 heavy (non-hydrogen) atoms. The molecule has 1 aromatic rings. The average Bonchev–Trinajstić information content (AvgIpc) is 2.65. The minimum atomic E-state index is -0.439. The van der Waals surface area contributed by atoms with Crippen LogP contribution in [0, 0.1) is 0 Å². The molecule has 5 nitrogen and oxygen atoms in total. The Morgan fingerprint density at radius 2 is 2.44 bits per heavy atom. The van der Waals surface area contributed by atoms with E-state index in [4.69, 9.17) is 0 Å². The molecule has 1 aliphatic rings. The number of hydrogen-bond acceptors (Lipinski definition) is 4. The fourth-order valence-corrected chi connectivity index (χ4v) is 1.95. The molecular weight excluding hydrogens is 274 g/mol. The second-order valence-corrected chi connectivity index (χ2v) is 4.50. The molecule has 0 unspecified atom stereocenters. The van der Waals surface area contributed by atoms with Crippen LogP contribution in [0.5, 0.6) is 0 Å². The topological polar surface area (TPSA) is 74.2 Å². The number of aromatic nitrogens is 1. The van der Waals surface area contributed by atoms with Crippen molar-refractivity contribution in [1.29, 1.82) is 0 Å². The third-order valence-electron chi connectivity index (χ3n) is 2.39. The number of nitrogens with zero attached hydrogens (tertiary/aromatic N) is 1. The van der Waals surface area contributed by atoms with Gasteiger partial charge in [0.2, 0.25) is 5.91 Å². The molecule has 3 N–H and O–H groups in total. The Bertz CT molecular complexity index is 399. The van der Waals surface area contributed by atoms with Crippen LogP contribution in [0.25, 0.3) is 0 Å². The molecular formula is C10H12BrN3O2. The van der Waals surface area contributed by atoms with Gasteiger partial charge < -0.3 is 15.7 Å². The van der Waals surface area contributed by atoms with Gasteiger partial charge in [-0.2, -0.15) is 0 Å². The monoisotopic (exact) mass is 285 g/mol. The molecule has 0 aromatic carbocycles. The van der Waals surface area contributed by atoms with Gasteiger partial charge in [0.05, 0.1) is 12.1 Å². The summed E-state index contributed by atoms with van der Waals surface area (Å²) in [6.07, 6.45) is 0.00560. The molecule has 1 aliphatic heterocycles. The number of halogens is 1. The van der Waals surface area contributed by atoms with Gasteiger partial charge in [-0.05, 0) is 34.5 Å². The molecule has 1 aromatic heterocycles. The van der Waals surface area contributed by atoms with E-state index in [9.17, 15) is 9.90 Å². The number of amides is 1. The molecule has 1 fully saturated rings. The number of rotatable bonds is 2. The van der Waals surface area contributed by atoms with E-state index in [1.54, 1.807) is 18.2 Å². The van der Waals surface area contributed by atoms with Gasteiger partial charge in [-0.1, -0.05) is 6.07 Å². The second kappa shape index (κ2) is 4.90. The highest BCUT2D eigenvalue weighted by molar-refractivity contribution is 9.10. The fourth-order valence-electron chi connectivity index (χ4n) is 1.61. The van der Waals surface area contributed by atoms with Crippen molar-refractivity contribution in [3.8, 4) is 0 Å². The Kier molecular flexibility index (Phi) is 3.52. The summed E-state index contributed by atoms with van der Waals surface area (Å²) in [5.41, 5.74) is 0. The number of aliphatic hydroxyl groups is 1. The predicted octanol–water partition coefficient (Wildman–Crippen LogP) is 0.505. The number of carbonyl (C=O) groups excluding carboxylic acids is 1. The summed E-state index contributed by atoms with van der Waals surface area (Å²) >= 11 is 3.23. The number of pyridine rings is 1. The van der Waals surface area contributed by atoms with E-state index in [0.717, 1.165) is 0 Å². The number of aliphatic hydroxyl groups excluding tert-OH is 1. The van der Waals surface area contributed by atoms with E-state index in [0.29, 0.717) is 23.4 Å². The predicted molar refractivity (Wildman–Crippen MR) is 63.0 cm³/mol. The van der Waals surface area contributed by atoms with E-state index < -0.39 is 6.10 Å². The molecule has 1 amide bonds. The smallest absolute Gasteiger partial charge is 0.242 e. The highest BCUT2D eigenvalue weighted by Gasteiger charge is 2.28. The number of carbonyl (C=O) groups is 1. The molecule has 6 heteroatoms. The SMILES string of the molecule is O=C(Nc1cccc(Br)n1)[C@@H]1C[C@@H](O)CN1. The summed E-state index contributed by atoms with van der Waals surface area (Å²) in [6.45, 7) is 0.462. The summed E-state index contributed by atoms with van der Waals surface area (Å²) < 4.78 is 0.671. The van der Waals surface area contributed by atoms with E-state index >= 15 is 0 Å². The van der Waals surface area contributed by atoms with Crippen LogP contribution >= 0.6 is 15.9 Å². The maximum Gasteiger partial charge on any atom is 0.242 e. The van der Waals surface area contributed by atoms with E-state index in [2.05, 4.69) is 31.5 Å². The first kappa shape index (κ1) is 11.5. The summed E-state index contributed by atoms with van der Waals surface area (Å²) in [7, 11) is 0. The van der Waals surface area contributed by atoms with Crippen LogP contribution < -0.4 is 10.6 Å². The van der Waals surface area contributed by atoms with Crippen molar-refractivity contribution in [1.82, 2.24) is 10.3 Å². The zero-order valence-corrected chi connectivity index (χ0v) is 10.1. The van der Waals surface area contributed by atoms with Crippen molar-refractivity contribution in [3.05, 3.63) is 22.8 Å². The lowest BCUT2D eigenvalue weighted by Gasteiger charge is -2.10. The average molecular weight is 286 g/mol. The minimum absolute atomic E-state index is 0.165. The van der Waals surface area contributed by atoms with Gasteiger partial charge in [0.25, 0.3) is 0 Å².